The van der Waals surface area contributed by atoms with Crippen molar-refractivity contribution in [2.24, 2.45) is 5.14 Å². The topological polar surface area (TPSA) is 108 Å². The molecule has 1 aliphatic carbocycles. The van der Waals surface area contributed by atoms with Crippen molar-refractivity contribution in [2.75, 3.05) is 26.2 Å². The molecule has 2 aromatic rings. The predicted molar refractivity (Wildman–Crippen MR) is 109 cm³/mol. The van der Waals surface area contributed by atoms with Crippen molar-refractivity contribution in [1.82, 2.24) is 10.2 Å². The third-order valence-electron chi connectivity index (χ3n) is 5.48. The lowest BCUT2D eigenvalue weighted by molar-refractivity contribution is 0.0393. The molecule has 1 fully saturated rings. The second kappa shape index (κ2) is 7.59. The molecule has 1 heterocycles. The van der Waals surface area contributed by atoms with Crippen molar-refractivity contribution in [3.63, 3.8) is 0 Å². The summed E-state index contributed by atoms with van der Waals surface area (Å²) < 4.78 is 30.3. The Morgan fingerprint density at radius 2 is 1.93 bits per heavy atom. The largest absolute Gasteiger partial charge is 0.481 e. The molecule has 9 heteroatoms. The van der Waals surface area contributed by atoms with Gasteiger partial charge in [-0.15, -0.1) is 0 Å². The molecule has 0 bridgehead atoms. The third-order valence-corrected chi connectivity index (χ3v) is 7.01. The van der Waals surface area contributed by atoms with E-state index in [1.165, 1.54) is 6.07 Å². The number of ether oxygens (including phenoxy) is 1. The minimum atomic E-state index is -3.97. The average molecular weight is 433 g/mol. The molecule has 0 amide bonds. The van der Waals surface area contributed by atoms with Crippen LogP contribution in [0.2, 0.25) is 0 Å². The first kappa shape index (κ1) is 20.1. The summed E-state index contributed by atoms with van der Waals surface area (Å²) in [5, 5.41) is 18.2. The van der Waals surface area contributed by atoms with Gasteiger partial charge in [-0.05, 0) is 23.8 Å². The van der Waals surface area contributed by atoms with Crippen molar-refractivity contribution in [1.29, 1.82) is 5.26 Å². The Morgan fingerprint density at radius 3 is 2.62 bits per heavy atom. The number of sulfonamides is 1. The van der Waals surface area contributed by atoms with Crippen molar-refractivity contribution < 1.29 is 13.2 Å². The van der Waals surface area contributed by atoms with Gasteiger partial charge in [0.25, 0.3) is 0 Å². The van der Waals surface area contributed by atoms with E-state index in [0.717, 1.165) is 37.3 Å². The Bertz CT molecular complexity index is 1080. The van der Waals surface area contributed by atoms with Gasteiger partial charge in [-0.2, -0.15) is 5.26 Å². The maximum atomic E-state index is 12.0. The van der Waals surface area contributed by atoms with Crippen molar-refractivity contribution in [3.05, 3.63) is 59.2 Å². The summed E-state index contributed by atoms with van der Waals surface area (Å²) in [5.74, 6) is 0.148. The molecule has 0 unspecified atom stereocenters. The number of rotatable bonds is 4. The molecule has 2 aliphatic rings. The number of hydrogen-bond donors (Lipinski definition) is 2. The SMILES string of the molecule is N#Cc1cccc2c1C[C@@](Cl)(N1CCNCC1)[C@H]2Oc1ccccc1S(N)(=O)=O. The zero-order chi connectivity index (χ0) is 20.6. The average Bonchev–Trinajstić information content (AvgIpc) is 3.01. The maximum absolute atomic E-state index is 12.0. The van der Waals surface area contributed by atoms with E-state index >= 15 is 0 Å². The van der Waals surface area contributed by atoms with Gasteiger partial charge < -0.3 is 10.1 Å². The van der Waals surface area contributed by atoms with Gasteiger partial charge in [-0.3, -0.25) is 4.90 Å². The smallest absolute Gasteiger partial charge is 0.241 e. The van der Waals surface area contributed by atoms with Crippen LogP contribution in [0.15, 0.2) is 47.4 Å². The Morgan fingerprint density at radius 1 is 1.21 bits per heavy atom. The molecule has 2 atom stereocenters. The number of nitrogens with two attached hydrogens (primary N) is 1. The molecule has 152 valence electrons. The summed E-state index contributed by atoms with van der Waals surface area (Å²) in [6.07, 6.45) is -0.232. The van der Waals surface area contributed by atoms with Crippen molar-refractivity contribution in [2.45, 2.75) is 22.4 Å². The molecule has 29 heavy (non-hydrogen) atoms. The standard InChI is InChI=1S/C20H21ClN4O3S/c21-20(25-10-8-24-9-11-25)12-16-14(13-22)4-3-5-15(16)19(20)28-17-6-1-2-7-18(17)29(23,26)27/h1-7,19,24H,8-12H2,(H2,23,26,27)/t19-,20+/m0/s1. The molecule has 0 spiro atoms. The lowest BCUT2D eigenvalue weighted by atomic mass is 10.0. The van der Waals surface area contributed by atoms with Crippen LogP contribution < -0.4 is 15.2 Å². The summed E-state index contributed by atoms with van der Waals surface area (Å²) in [4.78, 5) is 1.10. The van der Waals surface area contributed by atoms with E-state index in [1.54, 1.807) is 30.3 Å². The Balaban J connectivity index is 1.82. The summed E-state index contributed by atoms with van der Waals surface area (Å²) in [5.41, 5.74) is 2.18. The summed E-state index contributed by atoms with van der Waals surface area (Å²) in [6.45, 7) is 3.01. The highest BCUT2D eigenvalue weighted by molar-refractivity contribution is 7.89. The molecule has 0 saturated carbocycles. The van der Waals surface area contributed by atoms with E-state index in [0.29, 0.717) is 12.0 Å². The number of hydrogen-bond acceptors (Lipinski definition) is 6. The number of fused-ring (bicyclic) bond motifs is 1. The van der Waals surface area contributed by atoms with Gasteiger partial charge in [0, 0.05) is 38.2 Å². The van der Waals surface area contributed by atoms with Crippen LogP contribution >= 0.6 is 11.6 Å². The van der Waals surface area contributed by atoms with E-state index in [9.17, 15) is 13.7 Å². The fourth-order valence-electron chi connectivity index (χ4n) is 4.11. The van der Waals surface area contributed by atoms with Gasteiger partial charge in [0.1, 0.15) is 15.6 Å². The molecule has 7 nitrogen and oxygen atoms in total. The van der Waals surface area contributed by atoms with Gasteiger partial charge in [-0.25, -0.2) is 13.6 Å². The number of para-hydroxylation sites is 1. The summed E-state index contributed by atoms with van der Waals surface area (Å²) in [7, 11) is -3.97. The van der Waals surface area contributed by atoms with Crippen LogP contribution in [0.1, 0.15) is 22.8 Å². The first-order valence-electron chi connectivity index (χ1n) is 9.29. The molecule has 3 N–H and O–H groups in total. The first-order valence-corrected chi connectivity index (χ1v) is 11.2. The summed E-state index contributed by atoms with van der Waals surface area (Å²) in [6, 6.07) is 13.9. The quantitative estimate of drug-likeness (QED) is 0.562. The van der Waals surface area contributed by atoms with Crippen LogP contribution in [0, 0.1) is 11.3 Å². The number of nitriles is 1. The van der Waals surface area contributed by atoms with Gasteiger partial charge in [0.2, 0.25) is 10.0 Å². The monoisotopic (exact) mass is 432 g/mol. The highest BCUT2D eigenvalue weighted by atomic mass is 35.5. The first-order chi connectivity index (χ1) is 13.8. The van der Waals surface area contributed by atoms with E-state index in [-0.39, 0.29) is 10.6 Å². The van der Waals surface area contributed by atoms with Gasteiger partial charge in [0.15, 0.2) is 6.10 Å². The normalized spacial score (nSPS) is 24.7. The maximum Gasteiger partial charge on any atom is 0.241 e. The minimum Gasteiger partial charge on any atom is -0.481 e. The molecule has 4 rings (SSSR count). The molecular weight excluding hydrogens is 412 g/mol. The Kier molecular flexibility index (Phi) is 5.27. The van der Waals surface area contributed by atoms with Gasteiger partial charge >= 0.3 is 0 Å². The van der Waals surface area contributed by atoms with E-state index < -0.39 is 21.1 Å². The minimum absolute atomic E-state index is 0.0933. The number of benzene rings is 2. The molecular formula is C20H21ClN4O3S. The van der Waals surface area contributed by atoms with Crippen LogP contribution in [0.4, 0.5) is 0 Å². The second-order valence-corrected chi connectivity index (χ2v) is 9.39. The molecule has 2 aromatic carbocycles. The van der Waals surface area contributed by atoms with Gasteiger partial charge in [0.05, 0.1) is 11.6 Å². The van der Waals surface area contributed by atoms with Crippen LogP contribution in [-0.4, -0.2) is 44.5 Å². The molecule has 0 aromatic heterocycles. The van der Waals surface area contributed by atoms with Crippen LogP contribution in [0.3, 0.4) is 0 Å². The third kappa shape index (κ3) is 3.61. The molecule has 1 saturated heterocycles. The van der Waals surface area contributed by atoms with Crippen molar-refractivity contribution >= 4 is 21.6 Å². The number of halogens is 1. The number of nitrogens with zero attached hydrogens (tertiary/aromatic N) is 2. The molecule has 0 radical (unpaired) electrons. The highest BCUT2D eigenvalue weighted by Crippen LogP contribution is 2.49. The van der Waals surface area contributed by atoms with Crippen LogP contribution in [0.5, 0.6) is 5.75 Å². The Hall–Kier alpha value is -2.15. The fourth-order valence-corrected chi connectivity index (χ4v) is 5.24. The summed E-state index contributed by atoms with van der Waals surface area (Å²) >= 11 is 7.21. The number of piperazine rings is 1. The van der Waals surface area contributed by atoms with Crippen molar-refractivity contribution in [3.8, 4) is 11.8 Å². The highest BCUT2D eigenvalue weighted by Gasteiger charge is 2.52. The number of nitrogens with one attached hydrogen (secondary N) is 1. The molecule has 1 aliphatic heterocycles. The Labute approximate surface area is 175 Å². The number of alkyl halides is 1. The van der Waals surface area contributed by atoms with E-state index in [4.69, 9.17) is 21.5 Å². The lowest BCUT2D eigenvalue weighted by Gasteiger charge is -2.42. The van der Waals surface area contributed by atoms with E-state index in [1.807, 2.05) is 6.07 Å². The lowest BCUT2D eigenvalue weighted by Crippen LogP contribution is -2.56. The zero-order valence-corrected chi connectivity index (χ0v) is 17.2. The predicted octanol–water partition coefficient (Wildman–Crippen LogP) is 1.72. The van der Waals surface area contributed by atoms with Crippen LogP contribution in [-0.2, 0) is 16.4 Å². The van der Waals surface area contributed by atoms with Gasteiger partial charge in [-0.1, -0.05) is 35.9 Å². The zero-order valence-electron chi connectivity index (χ0n) is 15.6. The number of primary sulfonamides is 1. The van der Waals surface area contributed by atoms with Crippen LogP contribution in [0.25, 0.3) is 0 Å². The second-order valence-electron chi connectivity index (χ2n) is 7.21. The fraction of sp³-hybridized carbons (Fsp3) is 0.350. The van der Waals surface area contributed by atoms with E-state index in [2.05, 4.69) is 16.3 Å².